The van der Waals surface area contributed by atoms with Crippen LogP contribution in [0.2, 0.25) is 0 Å². The van der Waals surface area contributed by atoms with Crippen molar-refractivity contribution < 1.29 is 22.9 Å². The summed E-state index contributed by atoms with van der Waals surface area (Å²) in [7, 11) is -4.17. The lowest BCUT2D eigenvalue weighted by atomic mass is 9.95. The van der Waals surface area contributed by atoms with Crippen molar-refractivity contribution in [3.05, 3.63) is 35.9 Å². The first-order chi connectivity index (χ1) is 8.13. The molecule has 0 aliphatic heterocycles. The highest BCUT2D eigenvalue weighted by Crippen LogP contribution is 2.18. The standard InChI is InChI=1S/C10H13NO2.H3NO3S/c1-7(9(12)10(11)13)8-5-3-2-4-6-8;1-5(2,3)4/h2-7,9,12H,1H3,(H2,11,13);(H3,1,2,3,4). The molecule has 0 saturated carbocycles. The quantitative estimate of drug-likeness (QED) is 0.544. The maximum Gasteiger partial charge on any atom is 0.330 e. The van der Waals surface area contributed by atoms with E-state index in [1.165, 1.54) is 0 Å². The van der Waals surface area contributed by atoms with E-state index in [0.717, 1.165) is 5.56 Å². The summed E-state index contributed by atoms with van der Waals surface area (Å²) >= 11 is 0. The Bertz CT molecular complexity index is 466. The van der Waals surface area contributed by atoms with Gasteiger partial charge in [0.1, 0.15) is 6.10 Å². The van der Waals surface area contributed by atoms with Crippen LogP contribution in [0.1, 0.15) is 18.4 Å². The van der Waals surface area contributed by atoms with Crippen LogP contribution < -0.4 is 10.9 Å². The number of primary amides is 1. The molecule has 0 radical (unpaired) electrons. The number of hydrogen-bond donors (Lipinski definition) is 4. The number of hydrogen-bond acceptors (Lipinski definition) is 4. The molecule has 18 heavy (non-hydrogen) atoms. The summed E-state index contributed by atoms with van der Waals surface area (Å²) in [6.07, 6.45) is -1.11. The van der Waals surface area contributed by atoms with E-state index in [2.05, 4.69) is 5.14 Å². The molecule has 0 aromatic heterocycles. The summed E-state index contributed by atoms with van der Waals surface area (Å²) in [5.74, 6) is -0.935. The zero-order valence-corrected chi connectivity index (χ0v) is 10.5. The van der Waals surface area contributed by atoms with E-state index < -0.39 is 22.3 Å². The monoisotopic (exact) mass is 276 g/mol. The summed E-state index contributed by atoms with van der Waals surface area (Å²) in [5, 5.41) is 13.3. The zero-order valence-electron chi connectivity index (χ0n) is 9.72. The molecule has 0 heterocycles. The normalized spacial score (nSPS) is 14.0. The van der Waals surface area contributed by atoms with Crippen molar-refractivity contribution in [1.82, 2.24) is 0 Å². The predicted molar refractivity (Wildman–Crippen MR) is 65.8 cm³/mol. The number of carbonyl (C=O) groups is 1. The fourth-order valence-corrected chi connectivity index (χ4v) is 1.19. The highest BCUT2D eigenvalue weighted by Gasteiger charge is 2.20. The number of benzene rings is 1. The van der Waals surface area contributed by atoms with E-state index in [1.54, 1.807) is 6.92 Å². The minimum Gasteiger partial charge on any atom is -0.383 e. The van der Waals surface area contributed by atoms with Gasteiger partial charge >= 0.3 is 10.3 Å². The molecular formula is C10H16N2O5S. The second-order valence-corrected chi connectivity index (χ2v) is 4.59. The lowest BCUT2D eigenvalue weighted by Gasteiger charge is -2.15. The van der Waals surface area contributed by atoms with E-state index in [9.17, 15) is 9.90 Å². The van der Waals surface area contributed by atoms with Gasteiger partial charge < -0.3 is 10.8 Å². The van der Waals surface area contributed by atoms with E-state index >= 15 is 0 Å². The van der Waals surface area contributed by atoms with Gasteiger partial charge in [0.05, 0.1) is 0 Å². The fourth-order valence-electron chi connectivity index (χ4n) is 1.19. The lowest BCUT2D eigenvalue weighted by Crippen LogP contribution is -2.32. The predicted octanol–water partition coefficient (Wildman–Crippen LogP) is -0.616. The van der Waals surface area contributed by atoms with Crippen LogP contribution in [-0.2, 0) is 15.1 Å². The van der Waals surface area contributed by atoms with E-state index in [1.807, 2.05) is 30.3 Å². The third-order valence-corrected chi connectivity index (χ3v) is 2.09. The Morgan fingerprint density at radius 2 is 1.67 bits per heavy atom. The van der Waals surface area contributed by atoms with Crippen molar-refractivity contribution in [3.63, 3.8) is 0 Å². The van der Waals surface area contributed by atoms with Crippen molar-refractivity contribution in [2.75, 3.05) is 0 Å². The highest BCUT2D eigenvalue weighted by atomic mass is 32.2. The summed E-state index contributed by atoms with van der Waals surface area (Å²) in [5.41, 5.74) is 5.90. The van der Waals surface area contributed by atoms with E-state index in [4.69, 9.17) is 18.7 Å². The second kappa shape index (κ2) is 7.07. The molecule has 0 spiro atoms. The van der Waals surface area contributed by atoms with Crippen molar-refractivity contribution in [2.24, 2.45) is 10.9 Å². The number of rotatable bonds is 3. The molecule has 1 aromatic rings. The lowest BCUT2D eigenvalue weighted by molar-refractivity contribution is -0.126. The van der Waals surface area contributed by atoms with Gasteiger partial charge in [0.15, 0.2) is 0 Å². The van der Waals surface area contributed by atoms with Crippen molar-refractivity contribution in [1.29, 1.82) is 0 Å². The number of aliphatic hydroxyl groups is 1. The van der Waals surface area contributed by atoms with Crippen LogP contribution in [0.3, 0.4) is 0 Å². The van der Waals surface area contributed by atoms with Crippen molar-refractivity contribution >= 4 is 16.2 Å². The Morgan fingerprint density at radius 3 is 2.00 bits per heavy atom. The van der Waals surface area contributed by atoms with Crippen LogP contribution in [0, 0.1) is 0 Å². The summed E-state index contributed by atoms with van der Waals surface area (Å²) in [4.78, 5) is 10.7. The highest BCUT2D eigenvalue weighted by molar-refractivity contribution is 7.83. The van der Waals surface area contributed by atoms with Gasteiger partial charge in [-0.1, -0.05) is 37.3 Å². The average Bonchev–Trinajstić information content (AvgIpc) is 2.26. The Kier molecular flexibility index (Phi) is 6.48. The number of carbonyl (C=O) groups excluding carboxylic acids is 1. The first kappa shape index (κ1) is 16.5. The molecule has 7 nitrogen and oxygen atoms in total. The van der Waals surface area contributed by atoms with Gasteiger partial charge in [-0.15, -0.1) is 0 Å². The largest absolute Gasteiger partial charge is 0.383 e. The first-order valence-electron chi connectivity index (χ1n) is 4.90. The van der Waals surface area contributed by atoms with Crippen molar-refractivity contribution in [3.8, 4) is 0 Å². The van der Waals surface area contributed by atoms with Crippen LogP contribution in [0.4, 0.5) is 0 Å². The third kappa shape index (κ3) is 7.74. The minimum atomic E-state index is -4.17. The Morgan fingerprint density at radius 1 is 1.28 bits per heavy atom. The molecule has 6 N–H and O–H groups in total. The van der Waals surface area contributed by atoms with Gasteiger partial charge in [-0.25, -0.2) is 5.14 Å². The Labute approximate surface area is 105 Å². The molecule has 8 heteroatoms. The minimum absolute atomic E-state index is 0.251. The smallest absolute Gasteiger partial charge is 0.330 e. The van der Waals surface area contributed by atoms with Gasteiger partial charge in [-0.3, -0.25) is 9.35 Å². The topological polar surface area (TPSA) is 144 Å². The molecule has 0 aliphatic carbocycles. The third-order valence-electron chi connectivity index (χ3n) is 2.09. The maximum atomic E-state index is 10.7. The van der Waals surface area contributed by atoms with Crippen LogP contribution in [0.5, 0.6) is 0 Å². The number of amides is 1. The molecule has 102 valence electrons. The Balaban J connectivity index is 0.000000494. The molecule has 1 aromatic carbocycles. The molecule has 0 fully saturated rings. The molecule has 0 bridgehead atoms. The van der Waals surface area contributed by atoms with Gasteiger partial charge in [0.2, 0.25) is 5.91 Å². The SMILES string of the molecule is CC(c1ccccc1)C(O)C(N)=O.NS(=O)(=O)O. The van der Waals surface area contributed by atoms with E-state index in [0.29, 0.717) is 0 Å². The Hall–Kier alpha value is -1.48. The zero-order chi connectivity index (χ0) is 14.3. The van der Waals surface area contributed by atoms with Crippen LogP contribution in [-0.4, -0.2) is 30.1 Å². The molecule has 2 atom stereocenters. The summed E-state index contributed by atoms with van der Waals surface area (Å²) < 4.78 is 25.2. The van der Waals surface area contributed by atoms with Crippen LogP contribution in [0.15, 0.2) is 30.3 Å². The summed E-state index contributed by atoms with van der Waals surface area (Å²) in [6, 6.07) is 9.32. The molecule has 1 rings (SSSR count). The van der Waals surface area contributed by atoms with Crippen LogP contribution in [0.25, 0.3) is 0 Å². The first-order valence-corrected chi connectivity index (χ1v) is 6.40. The average molecular weight is 276 g/mol. The molecule has 1 amide bonds. The van der Waals surface area contributed by atoms with Crippen molar-refractivity contribution in [2.45, 2.75) is 18.9 Å². The van der Waals surface area contributed by atoms with Gasteiger partial charge in [0.25, 0.3) is 0 Å². The maximum absolute atomic E-state index is 10.7. The molecule has 0 aliphatic rings. The second-order valence-electron chi connectivity index (χ2n) is 3.56. The summed E-state index contributed by atoms with van der Waals surface area (Å²) in [6.45, 7) is 1.77. The molecule has 2 unspecified atom stereocenters. The van der Waals surface area contributed by atoms with Crippen LogP contribution >= 0.6 is 0 Å². The van der Waals surface area contributed by atoms with Gasteiger partial charge in [-0.05, 0) is 5.56 Å². The number of aliphatic hydroxyl groups excluding tert-OH is 1. The fraction of sp³-hybridized carbons (Fsp3) is 0.300. The molecule has 0 saturated heterocycles. The van der Waals surface area contributed by atoms with Gasteiger partial charge in [-0.2, -0.15) is 8.42 Å². The van der Waals surface area contributed by atoms with Gasteiger partial charge in [0, 0.05) is 5.92 Å². The van der Waals surface area contributed by atoms with E-state index in [-0.39, 0.29) is 5.92 Å². The number of nitrogens with two attached hydrogens (primary N) is 2. The molecular weight excluding hydrogens is 260 g/mol.